The van der Waals surface area contributed by atoms with E-state index in [1.165, 1.54) is 0 Å². The van der Waals surface area contributed by atoms with Crippen molar-refractivity contribution in [3.8, 4) is 11.5 Å². The van der Waals surface area contributed by atoms with Crippen molar-refractivity contribution in [3.63, 3.8) is 0 Å². The fourth-order valence-electron chi connectivity index (χ4n) is 2.29. The number of aromatic nitrogens is 2. The molecule has 3 heterocycles. The number of carbonyl (C=O) groups is 1. The summed E-state index contributed by atoms with van der Waals surface area (Å²) in [6.07, 6.45) is 3.79. The molecule has 0 atom stereocenters. The number of amides is 1. The Morgan fingerprint density at radius 2 is 2.17 bits per heavy atom. The molecule has 94 valence electrons. The van der Waals surface area contributed by atoms with Crippen LogP contribution in [-0.2, 0) is 7.05 Å². The lowest BCUT2D eigenvalue weighted by Crippen LogP contribution is -2.29. The summed E-state index contributed by atoms with van der Waals surface area (Å²) in [5.74, 6) is 0.742. The molecule has 0 N–H and O–H groups in total. The van der Waals surface area contributed by atoms with Gasteiger partial charge in [-0.2, -0.15) is 5.10 Å². The lowest BCUT2D eigenvalue weighted by Gasteiger charge is -2.14. The van der Waals surface area contributed by atoms with Crippen molar-refractivity contribution < 1.29 is 9.21 Å². The molecule has 3 rings (SSSR count). The van der Waals surface area contributed by atoms with Crippen LogP contribution in [0.25, 0.3) is 11.5 Å². The number of likely N-dealkylation sites (tertiary alicyclic amines) is 1. The third-order valence-corrected chi connectivity index (χ3v) is 3.27. The van der Waals surface area contributed by atoms with Crippen molar-refractivity contribution in [2.24, 2.45) is 7.05 Å². The van der Waals surface area contributed by atoms with Gasteiger partial charge in [-0.15, -0.1) is 0 Å². The molecule has 5 heteroatoms. The number of rotatable bonds is 2. The molecule has 2 aromatic rings. The Bertz CT molecular complexity index is 551. The third kappa shape index (κ3) is 1.81. The summed E-state index contributed by atoms with van der Waals surface area (Å²) in [7, 11) is 1.79. The molecule has 0 unspecified atom stereocenters. The molecule has 5 nitrogen and oxygen atoms in total. The van der Waals surface area contributed by atoms with E-state index in [4.69, 9.17) is 4.42 Å². The van der Waals surface area contributed by atoms with E-state index >= 15 is 0 Å². The maximum atomic E-state index is 12.3. The molecule has 1 amide bonds. The summed E-state index contributed by atoms with van der Waals surface area (Å²) in [5.41, 5.74) is 1.31. The van der Waals surface area contributed by atoms with Gasteiger partial charge >= 0.3 is 0 Å². The van der Waals surface area contributed by atoms with Crippen LogP contribution in [0.1, 0.15) is 23.3 Å². The summed E-state index contributed by atoms with van der Waals surface area (Å²) in [4.78, 5) is 14.2. The minimum Gasteiger partial charge on any atom is -0.463 e. The van der Waals surface area contributed by atoms with Crippen LogP contribution in [0.2, 0.25) is 0 Å². The summed E-state index contributed by atoms with van der Waals surface area (Å²) in [6.45, 7) is 1.69. The minimum absolute atomic E-state index is 0.0558. The molecule has 0 radical (unpaired) electrons. The topological polar surface area (TPSA) is 51.3 Å². The van der Waals surface area contributed by atoms with Gasteiger partial charge in [0.15, 0.2) is 5.76 Å². The molecule has 0 bridgehead atoms. The first-order valence-corrected chi connectivity index (χ1v) is 6.13. The van der Waals surface area contributed by atoms with Gasteiger partial charge in [0.1, 0.15) is 11.4 Å². The van der Waals surface area contributed by atoms with Gasteiger partial charge in [0, 0.05) is 26.2 Å². The average Bonchev–Trinajstić information content (AvgIpc) is 3.10. The first-order chi connectivity index (χ1) is 8.75. The van der Waals surface area contributed by atoms with Crippen molar-refractivity contribution in [2.75, 3.05) is 13.1 Å². The first kappa shape index (κ1) is 11.1. The Morgan fingerprint density at radius 3 is 2.83 bits per heavy atom. The highest BCUT2D eigenvalue weighted by Gasteiger charge is 2.23. The van der Waals surface area contributed by atoms with Crippen LogP contribution in [0, 0.1) is 0 Å². The Kier molecular flexibility index (Phi) is 2.66. The van der Waals surface area contributed by atoms with E-state index in [-0.39, 0.29) is 5.91 Å². The smallest absolute Gasteiger partial charge is 0.272 e. The quantitative estimate of drug-likeness (QED) is 0.812. The molecule has 0 saturated carbocycles. The second-order valence-corrected chi connectivity index (χ2v) is 4.52. The molecular weight excluding hydrogens is 230 g/mol. The zero-order valence-corrected chi connectivity index (χ0v) is 10.3. The molecule has 0 spiro atoms. The summed E-state index contributed by atoms with van der Waals surface area (Å²) >= 11 is 0. The van der Waals surface area contributed by atoms with E-state index in [0.29, 0.717) is 17.1 Å². The van der Waals surface area contributed by atoms with E-state index in [2.05, 4.69) is 5.10 Å². The number of furan rings is 1. The van der Waals surface area contributed by atoms with Crippen LogP contribution < -0.4 is 0 Å². The Hall–Kier alpha value is -2.04. The molecule has 0 aromatic carbocycles. The van der Waals surface area contributed by atoms with Crippen molar-refractivity contribution in [1.82, 2.24) is 14.7 Å². The van der Waals surface area contributed by atoms with Gasteiger partial charge < -0.3 is 9.32 Å². The number of carbonyl (C=O) groups excluding carboxylic acids is 1. The second kappa shape index (κ2) is 4.33. The Morgan fingerprint density at radius 1 is 1.39 bits per heavy atom. The van der Waals surface area contributed by atoms with Crippen LogP contribution in [0.5, 0.6) is 0 Å². The fraction of sp³-hybridized carbons (Fsp3) is 0.385. The van der Waals surface area contributed by atoms with Gasteiger partial charge in [0.05, 0.1) is 6.26 Å². The molecule has 1 aliphatic rings. The first-order valence-electron chi connectivity index (χ1n) is 6.13. The van der Waals surface area contributed by atoms with Crippen LogP contribution in [0.15, 0.2) is 28.9 Å². The predicted molar refractivity (Wildman–Crippen MR) is 66.0 cm³/mol. The van der Waals surface area contributed by atoms with E-state index < -0.39 is 0 Å². The molecule has 1 aliphatic heterocycles. The highest BCUT2D eigenvalue weighted by molar-refractivity contribution is 5.93. The maximum absolute atomic E-state index is 12.3. The number of hydrogen-bond donors (Lipinski definition) is 0. The summed E-state index contributed by atoms with van der Waals surface area (Å²) in [5, 5.41) is 4.32. The van der Waals surface area contributed by atoms with Crippen molar-refractivity contribution in [3.05, 3.63) is 30.2 Å². The van der Waals surface area contributed by atoms with E-state index in [1.807, 2.05) is 17.0 Å². The van der Waals surface area contributed by atoms with Crippen LogP contribution in [0.3, 0.4) is 0 Å². The molecule has 1 fully saturated rings. The Labute approximate surface area is 105 Å². The van der Waals surface area contributed by atoms with Crippen LogP contribution in [-0.4, -0.2) is 33.7 Å². The second-order valence-electron chi connectivity index (χ2n) is 4.52. The average molecular weight is 245 g/mol. The van der Waals surface area contributed by atoms with Crippen molar-refractivity contribution >= 4 is 5.91 Å². The van der Waals surface area contributed by atoms with Gasteiger partial charge in [0.2, 0.25) is 0 Å². The molecule has 2 aromatic heterocycles. The van der Waals surface area contributed by atoms with Gasteiger partial charge in [0.25, 0.3) is 5.91 Å². The standard InChI is InChI=1S/C13H15N3O2/c1-15-11(13(17)16-6-2-3-7-16)9-10(14-15)12-5-4-8-18-12/h4-5,8-9H,2-3,6-7H2,1H3. The summed E-state index contributed by atoms with van der Waals surface area (Å²) < 4.78 is 6.92. The van der Waals surface area contributed by atoms with E-state index in [0.717, 1.165) is 25.9 Å². The normalized spacial score (nSPS) is 15.3. The number of aryl methyl sites for hydroxylation is 1. The minimum atomic E-state index is 0.0558. The highest BCUT2D eigenvalue weighted by Crippen LogP contribution is 2.21. The Balaban J connectivity index is 1.90. The van der Waals surface area contributed by atoms with Crippen molar-refractivity contribution in [2.45, 2.75) is 12.8 Å². The van der Waals surface area contributed by atoms with Crippen LogP contribution >= 0.6 is 0 Å². The third-order valence-electron chi connectivity index (χ3n) is 3.27. The van der Waals surface area contributed by atoms with Crippen molar-refractivity contribution in [1.29, 1.82) is 0 Å². The maximum Gasteiger partial charge on any atom is 0.272 e. The lowest BCUT2D eigenvalue weighted by atomic mass is 10.3. The van der Waals surface area contributed by atoms with Gasteiger partial charge in [-0.3, -0.25) is 9.48 Å². The zero-order valence-electron chi connectivity index (χ0n) is 10.3. The van der Waals surface area contributed by atoms with Gasteiger partial charge in [-0.1, -0.05) is 0 Å². The highest BCUT2D eigenvalue weighted by atomic mass is 16.3. The number of nitrogens with zero attached hydrogens (tertiary/aromatic N) is 3. The molecule has 18 heavy (non-hydrogen) atoms. The van der Waals surface area contributed by atoms with E-state index in [1.54, 1.807) is 24.1 Å². The molecule has 1 saturated heterocycles. The van der Waals surface area contributed by atoms with Gasteiger partial charge in [-0.25, -0.2) is 0 Å². The number of hydrogen-bond acceptors (Lipinski definition) is 3. The summed E-state index contributed by atoms with van der Waals surface area (Å²) in [6, 6.07) is 5.44. The van der Waals surface area contributed by atoms with Crippen LogP contribution in [0.4, 0.5) is 0 Å². The fourth-order valence-corrected chi connectivity index (χ4v) is 2.29. The largest absolute Gasteiger partial charge is 0.463 e. The van der Waals surface area contributed by atoms with Gasteiger partial charge in [-0.05, 0) is 25.0 Å². The van der Waals surface area contributed by atoms with E-state index in [9.17, 15) is 4.79 Å². The monoisotopic (exact) mass is 245 g/mol. The zero-order chi connectivity index (χ0) is 12.5. The molecule has 0 aliphatic carbocycles. The molecular formula is C13H15N3O2. The predicted octanol–water partition coefficient (Wildman–Crippen LogP) is 1.92. The lowest BCUT2D eigenvalue weighted by molar-refractivity contribution is 0.0782. The SMILES string of the molecule is Cn1nc(-c2ccco2)cc1C(=O)N1CCCC1.